The number of hydrogen-bond acceptors (Lipinski definition) is 4. The maximum absolute atomic E-state index is 13.1. The summed E-state index contributed by atoms with van der Waals surface area (Å²) in [6, 6.07) is 24.4. The second-order valence-corrected chi connectivity index (χ2v) is 9.84. The molecule has 1 aliphatic carbocycles. The van der Waals surface area contributed by atoms with Crippen LogP contribution in [0.25, 0.3) is 0 Å². The molecular formula is C25H22BrClO4. The highest BCUT2D eigenvalue weighted by molar-refractivity contribution is 9.10. The van der Waals surface area contributed by atoms with Gasteiger partial charge in [-0.2, -0.15) is 0 Å². The molecule has 3 aromatic rings. The maximum atomic E-state index is 13.1. The molecule has 6 heteroatoms. The molecular weight excluding hydrogens is 480 g/mol. The number of benzene rings is 3. The van der Waals surface area contributed by atoms with Crippen molar-refractivity contribution >= 4 is 33.5 Å². The molecule has 0 radical (unpaired) electrons. The Morgan fingerprint density at radius 3 is 2.29 bits per heavy atom. The summed E-state index contributed by atoms with van der Waals surface area (Å²) in [7, 11) is 0. The first-order valence-electron chi connectivity index (χ1n) is 10.0. The van der Waals surface area contributed by atoms with Crippen molar-refractivity contribution < 1.29 is 19.0 Å². The van der Waals surface area contributed by atoms with Crippen molar-refractivity contribution in [2.45, 2.75) is 29.1 Å². The average molecular weight is 502 g/mol. The van der Waals surface area contributed by atoms with Gasteiger partial charge < -0.3 is 14.2 Å². The van der Waals surface area contributed by atoms with Crippen LogP contribution in [0.3, 0.4) is 0 Å². The third kappa shape index (κ3) is 4.58. The van der Waals surface area contributed by atoms with E-state index < -0.39 is 9.20 Å². The van der Waals surface area contributed by atoms with Crippen LogP contribution < -0.4 is 9.47 Å². The molecule has 31 heavy (non-hydrogen) atoms. The van der Waals surface area contributed by atoms with Gasteiger partial charge in [-0.15, -0.1) is 11.6 Å². The van der Waals surface area contributed by atoms with E-state index in [9.17, 15) is 4.79 Å². The Balaban J connectivity index is 1.45. The van der Waals surface area contributed by atoms with Gasteiger partial charge in [0.15, 0.2) is 0 Å². The lowest BCUT2D eigenvalue weighted by atomic mass is 9.96. The quantitative estimate of drug-likeness (QED) is 0.258. The zero-order valence-electron chi connectivity index (χ0n) is 17.0. The van der Waals surface area contributed by atoms with E-state index in [1.807, 2.05) is 85.8 Å². The number of rotatable bonds is 8. The summed E-state index contributed by atoms with van der Waals surface area (Å²) in [6.45, 7) is 2.64. The number of para-hydroxylation sites is 1. The van der Waals surface area contributed by atoms with Gasteiger partial charge in [0.05, 0.1) is 6.61 Å². The molecule has 0 bridgehead atoms. The Hall–Kier alpha value is -2.50. The first-order chi connectivity index (χ1) is 14.9. The number of carbonyl (C=O) groups is 1. The molecule has 160 valence electrons. The van der Waals surface area contributed by atoms with Crippen LogP contribution in [0.5, 0.6) is 17.2 Å². The summed E-state index contributed by atoms with van der Waals surface area (Å²) in [5.41, 5.74) is 0.699. The van der Waals surface area contributed by atoms with E-state index in [0.29, 0.717) is 18.8 Å². The van der Waals surface area contributed by atoms with E-state index in [1.165, 1.54) is 0 Å². The predicted molar refractivity (Wildman–Crippen MR) is 124 cm³/mol. The van der Waals surface area contributed by atoms with Gasteiger partial charge in [-0.05, 0) is 54.4 Å². The SMILES string of the molecule is CCOc1ccc(C2(C(=O)OCc3cccc(Oc4ccccc4)c3)CC2(Cl)Br)cc1. The van der Waals surface area contributed by atoms with Crippen molar-refractivity contribution in [1.82, 2.24) is 0 Å². The number of hydrogen-bond donors (Lipinski definition) is 0. The minimum atomic E-state index is -0.933. The first kappa shape index (κ1) is 21.7. The normalized spacial score (nSPS) is 21.9. The van der Waals surface area contributed by atoms with Crippen LogP contribution >= 0.6 is 27.5 Å². The standard InChI is InChI=1S/C25H22BrClO4/c1-2-29-20-13-11-19(12-14-20)24(17-25(24,26)27)23(28)30-16-18-7-6-10-22(15-18)31-21-8-4-3-5-9-21/h3-15H,2,16-17H2,1H3. The second kappa shape index (κ2) is 8.93. The third-order valence-corrected chi connectivity index (χ3v) is 6.65. The molecule has 0 aliphatic heterocycles. The van der Waals surface area contributed by atoms with Crippen LogP contribution in [0.15, 0.2) is 78.9 Å². The monoisotopic (exact) mass is 500 g/mol. The molecule has 4 nitrogen and oxygen atoms in total. The van der Waals surface area contributed by atoms with Crippen molar-refractivity contribution in [1.29, 1.82) is 0 Å². The molecule has 1 fully saturated rings. The third-order valence-electron chi connectivity index (χ3n) is 5.24. The largest absolute Gasteiger partial charge is 0.494 e. The number of esters is 1. The summed E-state index contributed by atoms with van der Waals surface area (Å²) in [5, 5.41) is 0. The minimum absolute atomic E-state index is 0.129. The fourth-order valence-electron chi connectivity index (χ4n) is 3.54. The Morgan fingerprint density at radius 1 is 0.968 bits per heavy atom. The average Bonchev–Trinajstić information content (AvgIpc) is 3.37. The molecule has 0 amide bonds. The highest BCUT2D eigenvalue weighted by atomic mass is 79.9. The van der Waals surface area contributed by atoms with Crippen LogP contribution in [0.1, 0.15) is 24.5 Å². The minimum Gasteiger partial charge on any atom is -0.494 e. The maximum Gasteiger partial charge on any atom is 0.319 e. The molecule has 0 aromatic heterocycles. The van der Waals surface area contributed by atoms with Crippen LogP contribution in [0.4, 0.5) is 0 Å². The van der Waals surface area contributed by atoms with Gasteiger partial charge in [-0.1, -0.05) is 58.4 Å². The molecule has 4 rings (SSSR count). The molecule has 2 atom stereocenters. The Morgan fingerprint density at radius 2 is 1.65 bits per heavy atom. The van der Waals surface area contributed by atoms with Gasteiger partial charge in [0, 0.05) is 6.42 Å². The van der Waals surface area contributed by atoms with Gasteiger partial charge >= 0.3 is 5.97 Å². The summed E-state index contributed by atoms with van der Waals surface area (Å²) in [6.07, 6.45) is 0.450. The Kier molecular flexibility index (Phi) is 6.26. The fourth-order valence-corrected chi connectivity index (χ4v) is 4.74. The van der Waals surface area contributed by atoms with E-state index >= 15 is 0 Å². The molecule has 0 heterocycles. The number of alkyl halides is 2. The van der Waals surface area contributed by atoms with Crippen molar-refractivity contribution in [2.24, 2.45) is 0 Å². The van der Waals surface area contributed by atoms with Crippen LogP contribution in [-0.2, 0) is 21.6 Å². The zero-order chi connectivity index (χ0) is 21.9. The first-order valence-corrected chi connectivity index (χ1v) is 11.2. The number of ether oxygens (including phenoxy) is 3. The van der Waals surface area contributed by atoms with Crippen molar-refractivity contribution in [3.8, 4) is 17.2 Å². The summed E-state index contributed by atoms with van der Waals surface area (Å²) >= 11 is 10.0. The summed E-state index contributed by atoms with van der Waals surface area (Å²) in [4.78, 5) is 13.1. The predicted octanol–water partition coefficient (Wildman–Crippen LogP) is 6.59. The van der Waals surface area contributed by atoms with Crippen molar-refractivity contribution in [3.63, 3.8) is 0 Å². The van der Waals surface area contributed by atoms with E-state index in [0.717, 1.165) is 22.6 Å². The topological polar surface area (TPSA) is 44.8 Å². The van der Waals surface area contributed by atoms with Gasteiger partial charge in [0.2, 0.25) is 0 Å². The Bertz CT molecular complexity index is 1050. The lowest BCUT2D eigenvalue weighted by Crippen LogP contribution is -2.28. The number of carbonyl (C=O) groups excluding carboxylic acids is 1. The highest BCUT2D eigenvalue weighted by Crippen LogP contribution is 2.66. The van der Waals surface area contributed by atoms with Gasteiger partial charge in [-0.3, -0.25) is 4.79 Å². The van der Waals surface area contributed by atoms with E-state index in [-0.39, 0.29) is 12.6 Å². The van der Waals surface area contributed by atoms with Crippen molar-refractivity contribution in [2.75, 3.05) is 6.61 Å². The molecule has 2 unspecified atom stereocenters. The smallest absolute Gasteiger partial charge is 0.319 e. The Labute approximate surface area is 195 Å². The lowest BCUT2D eigenvalue weighted by Gasteiger charge is -2.18. The van der Waals surface area contributed by atoms with Crippen LogP contribution in [-0.4, -0.2) is 16.4 Å². The summed E-state index contributed by atoms with van der Waals surface area (Å²) in [5.74, 6) is 1.81. The summed E-state index contributed by atoms with van der Waals surface area (Å²) < 4.78 is 16.2. The van der Waals surface area contributed by atoms with Gasteiger partial charge in [0.25, 0.3) is 0 Å². The number of halogens is 2. The lowest BCUT2D eigenvalue weighted by molar-refractivity contribution is -0.148. The van der Waals surface area contributed by atoms with E-state index in [1.54, 1.807) is 0 Å². The van der Waals surface area contributed by atoms with Crippen LogP contribution in [0, 0.1) is 0 Å². The van der Waals surface area contributed by atoms with E-state index in [2.05, 4.69) is 15.9 Å². The van der Waals surface area contributed by atoms with Gasteiger partial charge in [0.1, 0.15) is 33.1 Å². The zero-order valence-corrected chi connectivity index (χ0v) is 19.4. The fraction of sp³-hybridized carbons (Fsp3) is 0.240. The molecule has 0 saturated heterocycles. The van der Waals surface area contributed by atoms with Crippen molar-refractivity contribution in [3.05, 3.63) is 90.0 Å². The van der Waals surface area contributed by atoms with E-state index in [4.69, 9.17) is 25.8 Å². The molecule has 1 aliphatic rings. The highest BCUT2D eigenvalue weighted by Gasteiger charge is 2.72. The van der Waals surface area contributed by atoms with Gasteiger partial charge in [-0.25, -0.2) is 0 Å². The second-order valence-electron chi connectivity index (χ2n) is 7.38. The molecule has 1 saturated carbocycles. The molecule has 0 N–H and O–H groups in total. The molecule has 0 spiro atoms. The molecule has 3 aromatic carbocycles. The van der Waals surface area contributed by atoms with Crippen LogP contribution in [0.2, 0.25) is 0 Å².